The molecule has 0 fully saturated rings. The second kappa shape index (κ2) is 5.38. The Morgan fingerprint density at radius 3 is 1.67 bits per heavy atom. The first-order valence-corrected chi connectivity index (χ1v) is 4.55. The largest absolute Gasteiger partial charge is 0.508 e. The van der Waals surface area contributed by atoms with Crippen LogP contribution in [0.4, 0.5) is 0 Å². The lowest BCUT2D eigenvalue weighted by molar-refractivity contribution is 0.475. The highest BCUT2D eigenvalue weighted by atomic mass is 32.1. The van der Waals surface area contributed by atoms with E-state index in [1.54, 1.807) is 35.6 Å². The van der Waals surface area contributed by atoms with Crippen LogP contribution in [0, 0.1) is 0 Å². The Balaban J connectivity index is 0.000000127. The third kappa shape index (κ3) is 3.78. The van der Waals surface area contributed by atoms with E-state index in [1.165, 1.54) is 0 Å². The molecule has 0 spiro atoms. The Hall–Kier alpha value is -1.28. The molecule has 12 heavy (non-hydrogen) atoms. The molecular formula is C10H10OS. The van der Waals surface area contributed by atoms with Gasteiger partial charge in [0.25, 0.3) is 0 Å². The van der Waals surface area contributed by atoms with Crippen LogP contribution in [0.3, 0.4) is 0 Å². The lowest BCUT2D eigenvalue weighted by atomic mass is 10.3. The summed E-state index contributed by atoms with van der Waals surface area (Å²) in [6.45, 7) is 0. The minimum absolute atomic E-state index is 0.322. The van der Waals surface area contributed by atoms with Gasteiger partial charge in [-0.15, -0.1) is 0 Å². The Labute approximate surface area is 75.9 Å². The number of thiophene rings is 1. The fourth-order valence-electron chi connectivity index (χ4n) is 0.655. The van der Waals surface area contributed by atoms with E-state index in [2.05, 4.69) is 0 Å². The first-order chi connectivity index (χ1) is 5.89. The van der Waals surface area contributed by atoms with Crippen LogP contribution in [0.15, 0.2) is 53.2 Å². The second-order valence-electron chi connectivity index (χ2n) is 2.13. The summed E-state index contributed by atoms with van der Waals surface area (Å²) < 4.78 is 0. The van der Waals surface area contributed by atoms with Crippen LogP contribution in [0.5, 0.6) is 5.75 Å². The van der Waals surface area contributed by atoms with Crippen molar-refractivity contribution in [3.8, 4) is 5.75 Å². The molecule has 0 aliphatic heterocycles. The van der Waals surface area contributed by atoms with Crippen molar-refractivity contribution in [1.82, 2.24) is 0 Å². The maximum Gasteiger partial charge on any atom is 0.115 e. The quantitative estimate of drug-likeness (QED) is 0.657. The molecule has 0 amide bonds. The number of aromatic hydroxyl groups is 1. The van der Waals surface area contributed by atoms with Crippen LogP contribution in [0.2, 0.25) is 0 Å². The van der Waals surface area contributed by atoms with E-state index in [1.807, 2.05) is 29.0 Å². The van der Waals surface area contributed by atoms with Crippen LogP contribution >= 0.6 is 11.3 Å². The minimum Gasteiger partial charge on any atom is -0.508 e. The summed E-state index contributed by atoms with van der Waals surface area (Å²) >= 11 is 1.71. The summed E-state index contributed by atoms with van der Waals surface area (Å²) in [4.78, 5) is 0. The Morgan fingerprint density at radius 1 is 0.833 bits per heavy atom. The monoisotopic (exact) mass is 178 g/mol. The highest BCUT2D eigenvalue weighted by molar-refractivity contribution is 7.07. The average molecular weight is 178 g/mol. The topological polar surface area (TPSA) is 20.2 Å². The predicted octanol–water partition coefficient (Wildman–Crippen LogP) is 3.14. The summed E-state index contributed by atoms with van der Waals surface area (Å²) in [6.07, 6.45) is 0. The average Bonchev–Trinajstić information content (AvgIpc) is 2.62. The van der Waals surface area contributed by atoms with Crippen molar-refractivity contribution < 1.29 is 5.11 Å². The van der Waals surface area contributed by atoms with Gasteiger partial charge in [-0.1, -0.05) is 30.3 Å². The summed E-state index contributed by atoms with van der Waals surface area (Å²) in [5.41, 5.74) is 0. The third-order valence-electron chi connectivity index (χ3n) is 1.18. The molecule has 0 radical (unpaired) electrons. The maximum absolute atomic E-state index is 8.63. The second-order valence-corrected chi connectivity index (χ2v) is 2.95. The molecule has 0 bridgehead atoms. The number of rotatable bonds is 0. The molecular weight excluding hydrogens is 168 g/mol. The van der Waals surface area contributed by atoms with Crippen molar-refractivity contribution in [3.05, 3.63) is 53.2 Å². The van der Waals surface area contributed by atoms with Gasteiger partial charge in [-0.25, -0.2) is 0 Å². The van der Waals surface area contributed by atoms with Gasteiger partial charge in [0.05, 0.1) is 0 Å². The van der Waals surface area contributed by atoms with E-state index in [4.69, 9.17) is 5.11 Å². The first kappa shape index (κ1) is 8.81. The van der Waals surface area contributed by atoms with Gasteiger partial charge in [-0.3, -0.25) is 0 Å². The van der Waals surface area contributed by atoms with Gasteiger partial charge in [-0.2, -0.15) is 11.3 Å². The molecule has 0 unspecified atom stereocenters. The number of hydrogen-bond acceptors (Lipinski definition) is 2. The number of phenolic OH excluding ortho intramolecular Hbond substituents is 1. The third-order valence-corrected chi connectivity index (χ3v) is 1.81. The van der Waals surface area contributed by atoms with Crippen molar-refractivity contribution in [2.24, 2.45) is 0 Å². The van der Waals surface area contributed by atoms with Crippen LogP contribution in [0.1, 0.15) is 0 Å². The van der Waals surface area contributed by atoms with Gasteiger partial charge < -0.3 is 5.11 Å². The molecule has 0 aliphatic rings. The van der Waals surface area contributed by atoms with Gasteiger partial charge in [0, 0.05) is 0 Å². The highest BCUT2D eigenvalue weighted by Crippen LogP contribution is 2.02. The molecule has 0 saturated heterocycles. The van der Waals surface area contributed by atoms with Crippen molar-refractivity contribution in [1.29, 1.82) is 0 Å². The molecule has 1 N–H and O–H groups in total. The van der Waals surface area contributed by atoms with Crippen LogP contribution in [-0.4, -0.2) is 5.11 Å². The van der Waals surface area contributed by atoms with Gasteiger partial charge in [0.2, 0.25) is 0 Å². The zero-order chi connectivity index (χ0) is 8.65. The molecule has 1 nitrogen and oxygen atoms in total. The predicted molar refractivity (Wildman–Crippen MR) is 52.4 cm³/mol. The molecule has 0 saturated carbocycles. The Bertz CT molecular complexity index is 259. The lowest BCUT2D eigenvalue weighted by Crippen LogP contribution is -1.56. The van der Waals surface area contributed by atoms with E-state index in [-0.39, 0.29) is 0 Å². The van der Waals surface area contributed by atoms with Crippen molar-refractivity contribution >= 4 is 11.3 Å². The maximum atomic E-state index is 8.63. The molecule has 1 heterocycles. The Kier molecular flexibility index (Phi) is 3.95. The zero-order valence-corrected chi connectivity index (χ0v) is 7.37. The van der Waals surface area contributed by atoms with Crippen molar-refractivity contribution in [3.63, 3.8) is 0 Å². The van der Waals surface area contributed by atoms with Crippen molar-refractivity contribution in [2.45, 2.75) is 0 Å². The van der Waals surface area contributed by atoms with Crippen LogP contribution in [0.25, 0.3) is 0 Å². The summed E-state index contributed by atoms with van der Waals surface area (Å²) in [7, 11) is 0. The van der Waals surface area contributed by atoms with Gasteiger partial charge in [-0.05, 0) is 22.9 Å². The van der Waals surface area contributed by atoms with Crippen molar-refractivity contribution in [2.75, 3.05) is 0 Å². The summed E-state index contributed by atoms with van der Waals surface area (Å²) in [6, 6.07) is 12.7. The fourth-order valence-corrected chi connectivity index (χ4v) is 1.11. The van der Waals surface area contributed by atoms with E-state index in [0.717, 1.165) is 0 Å². The highest BCUT2D eigenvalue weighted by Gasteiger charge is 1.74. The lowest BCUT2D eigenvalue weighted by Gasteiger charge is -1.82. The molecule has 1 aromatic carbocycles. The molecule has 0 atom stereocenters. The molecule has 2 aromatic rings. The molecule has 62 valence electrons. The molecule has 0 aliphatic carbocycles. The molecule has 1 aromatic heterocycles. The van der Waals surface area contributed by atoms with Gasteiger partial charge >= 0.3 is 0 Å². The SMILES string of the molecule is Oc1ccccc1.c1ccsc1. The van der Waals surface area contributed by atoms with E-state index < -0.39 is 0 Å². The first-order valence-electron chi connectivity index (χ1n) is 3.61. The summed E-state index contributed by atoms with van der Waals surface area (Å²) in [5, 5.41) is 12.7. The normalized spacial score (nSPS) is 8.33. The number of phenols is 1. The number of hydrogen-bond donors (Lipinski definition) is 1. The number of benzene rings is 1. The standard InChI is InChI=1S/C6H6O.C4H4S/c7-6-4-2-1-3-5-6;1-2-4-5-3-1/h1-5,7H;1-4H. The molecule has 2 heteroatoms. The van der Waals surface area contributed by atoms with E-state index in [9.17, 15) is 0 Å². The van der Waals surface area contributed by atoms with E-state index >= 15 is 0 Å². The molecule has 2 rings (SSSR count). The van der Waals surface area contributed by atoms with Gasteiger partial charge in [0.1, 0.15) is 5.75 Å². The van der Waals surface area contributed by atoms with E-state index in [0.29, 0.717) is 5.75 Å². The van der Waals surface area contributed by atoms with Crippen LogP contribution in [-0.2, 0) is 0 Å². The minimum atomic E-state index is 0.322. The fraction of sp³-hybridized carbons (Fsp3) is 0. The van der Waals surface area contributed by atoms with Gasteiger partial charge in [0.15, 0.2) is 0 Å². The van der Waals surface area contributed by atoms with Crippen LogP contribution < -0.4 is 0 Å². The smallest absolute Gasteiger partial charge is 0.115 e. The summed E-state index contributed by atoms with van der Waals surface area (Å²) in [5.74, 6) is 0.322. The Morgan fingerprint density at radius 2 is 1.42 bits per heavy atom. The number of para-hydroxylation sites is 1. The zero-order valence-electron chi connectivity index (χ0n) is 6.55.